The summed E-state index contributed by atoms with van der Waals surface area (Å²) in [4.78, 5) is 0. The number of anilines is 1. The quantitative estimate of drug-likeness (QED) is 0.806. The number of nitrogens with one attached hydrogen (secondary N) is 1. The Bertz CT molecular complexity index is 397. The molecule has 100 valence electrons. The van der Waals surface area contributed by atoms with Crippen molar-refractivity contribution in [2.75, 3.05) is 38.7 Å². The second-order valence-electron chi connectivity index (χ2n) is 4.94. The maximum Gasteiger partial charge on any atom is 0.141 e. The normalized spacial score (nSPS) is 17.1. The molecule has 0 amide bonds. The van der Waals surface area contributed by atoms with Gasteiger partial charge in [0.1, 0.15) is 5.75 Å². The molecule has 0 bridgehead atoms. The van der Waals surface area contributed by atoms with Crippen LogP contribution in [-0.4, -0.2) is 33.4 Å². The van der Waals surface area contributed by atoms with Crippen LogP contribution in [0.5, 0.6) is 5.75 Å². The third-order valence-corrected chi connectivity index (χ3v) is 3.58. The molecule has 1 saturated heterocycles. The van der Waals surface area contributed by atoms with E-state index in [1.54, 1.807) is 7.11 Å². The maximum absolute atomic E-state index is 5.81. The van der Waals surface area contributed by atoms with Crippen molar-refractivity contribution in [1.29, 1.82) is 0 Å². The molecule has 0 unspecified atom stereocenters. The van der Waals surface area contributed by atoms with Gasteiger partial charge in [-0.2, -0.15) is 0 Å². The topological polar surface area (TPSA) is 56.5 Å². The number of rotatable bonds is 6. The Morgan fingerprint density at radius 1 is 1.44 bits per heavy atom. The van der Waals surface area contributed by atoms with Crippen LogP contribution in [-0.2, 0) is 11.2 Å². The summed E-state index contributed by atoms with van der Waals surface area (Å²) in [7, 11) is 1.69. The fourth-order valence-electron chi connectivity index (χ4n) is 2.08. The number of hydrogen-bond acceptors (Lipinski definition) is 4. The van der Waals surface area contributed by atoms with Crippen molar-refractivity contribution in [3.63, 3.8) is 0 Å². The molecule has 2 rings (SSSR count). The van der Waals surface area contributed by atoms with Crippen LogP contribution in [0.4, 0.5) is 5.69 Å². The average molecular weight is 250 g/mol. The van der Waals surface area contributed by atoms with Crippen molar-refractivity contribution in [2.45, 2.75) is 13.3 Å². The molecule has 4 nitrogen and oxygen atoms in total. The number of aryl methyl sites for hydroxylation is 1. The van der Waals surface area contributed by atoms with Gasteiger partial charge in [-0.25, -0.2) is 0 Å². The Morgan fingerprint density at radius 2 is 2.22 bits per heavy atom. The van der Waals surface area contributed by atoms with Gasteiger partial charge in [-0.15, -0.1) is 0 Å². The van der Waals surface area contributed by atoms with E-state index in [2.05, 4.69) is 24.4 Å². The lowest BCUT2D eigenvalue weighted by atomic mass is 9.86. The lowest BCUT2D eigenvalue weighted by Crippen LogP contribution is -2.52. The summed E-state index contributed by atoms with van der Waals surface area (Å²) in [5, 5.41) is 3.45. The third-order valence-electron chi connectivity index (χ3n) is 3.58. The molecule has 0 spiro atoms. The van der Waals surface area contributed by atoms with Gasteiger partial charge >= 0.3 is 0 Å². The number of ether oxygens (including phenoxy) is 2. The Balaban J connectivity index is 2.07. The van der Waals surface area contributed by atoms with Crippen LogP contribution in [0.15, 0.2) is 18.2 Å². The van der Waals surface area contributed by atoms with E-state index in [4.69, 9.17) is 15.2 Å². The molecule has 3 N–H and O–H groups in total. The maximum atomic E-state index is 5.81. The monoisotopic (exact) mass is 250 g/mol. The van der Waals surface area contributed by atoms with E-state index in [0.717, 1.165) is 37.6 Å². The average Bonchev–Trinajstić information content (AvgIpc) is 2.37. The molecule has 4 heteroatoms. The number of hydrogen-bond donors (Lipinski definition) is 2. The van der Waals surface area contributed by atoms with E-state index in [9.17, 15) is 0 Å². The largest absolute Gasteiger partial charge is 0.495 e. The van der Waals surface area contributed by atoms with E-state index >= 15 is 0 Å². The smallest absolute Gasteiger partial charge is 0.141 e. The van der Waals surface area contributed by atoms with Gasteiger partial charge in [-0.05, 0) is 24.1 Å². The molecule has 0 aromatic heterocycles. The van der Waals surface area contributed by atoms with Gasteiger partial charge in [0.25, 0.3) is 0 Å². The van der Waals surface area contributed by atoms with E-state index in [1.807, 2.05) is 6.07 Å². The highest BCUT2D eigenvalue weighted by molar-refractivity contribution is 5.58. The van der Waals surface area contributed by atoms with Crippen LogP contribution < -0.4 is 15.8 Å². The van der Waals surface area contributed by atoms with Crippen molar-refractivity contribution in [1.82, 2.24) is 0 Å². The van der Waals surface area contributed by atoms with E-state index < -0.39 is 0 Å². The van der Waals surface area contributed by atoms with Gasteiger partial charge in [0.2, 0.25) is 0 Å². The molecule has 0 radical (unpaired) electrons. The second kappa shape index (κ2) is 5.59. The zero-order valence-corrected chi connectivity index (χ0v) is 11.2. The van der Waals surface area contributed by atoms with Gasteiger partial charge in [-0.3, -0.25) is 0 Å². The Morgan fingerprint density at radius 3 is 2.72 bits per heavy atom. The second-order valence-corrected chi connectivity index (χ2v) is 4.94. The van der Waals surface area contributed by atoms with Crippen molar-refractivity contribution in [3.8, 4) is 5.75 Å². The summed E-state index contributed by atoms with van der Waals surface area (Å²) < 4.78 is 10.6. The Hall–Kier alpha value is -1.26. The first-order valence-corrected chi connectivity index (χ1v) is 6.41. The van der Waals surface area contributed by atoms with Gasteiger partial charge in [-0.1, -0.05) is 13.0 Å². The van der Waals surface area contributed by atoms with E-state index in [0.29, 0.717) is 6.54 Å². The fourth-order valence-corrected chi connectivity index (χ4v) is 2.08. The van der Waals surface area contributed by atoms with Crippen LogP contribution in [0.1, 0.15) is 12.5 Å². The first kappa shape index (κ1) is 13.2. The number of nitrogens with two attached hydrogens (primary N) is 1. The highest BCUT2D eigenvalue weighted by atomic mass is 16.5. The SMILES string of the molecule is CCc1ccc(OC)c(NCC2(CN)COC2)c1. The first-order chi connectivity index (χ1) is 8.73. The van der Waals surface area contributed by atoms with Crippen LogP contribution in [0.25, 0.3) is 0 Å². The Labute approximate surface area is 108 Å². The summed E-state index contributed by atoms with van der Waals surface area (Å²) in [6, 6.07) is 6.24. The predicted octanol–water partition coefficient (Wildman–Crippen LogP) is 1.64. The zero-order valence-electron chi connectivity index (χ0n) is 11.2. The molecule has 1 fully saturated rings. The Kier molecular flexibility index (Phi) is 4.09. The number of methoxy groups -OCH3 is 1. The molecule has 1 aliphatic rings. The van der Waals surface area contributed by atoms with Crippen molar-refractivity contribution in [2.24, 2.45) is 11.1 Å². The summed E-state index contributed by atoms with van der Waals surface area (Å²) in [5.41, 5.74) is 8.23. The minimum atomic E-state index is 0.0905. The standard InChI is InChI=1S/C14H22N2O2/c1-3-11-4-5-13(17-2)12(6-11)16-8-14(7-15)9-18-10-14/h4-6,16H,3,7-10,15H2,1-2H3. The first-order valence-electron chi connectivity index (χ1n) is 6.41. The van der Waals surface area contributed by atoms with Crippen molar-refractivity contribution >= 4 is 5.69 Å². The summed E-state index contributed by atoms with van der Waals surface area (Å²) in [6.45, 7) is 5.11. The molecule has 0 saturated carbocycles. The summed E-state index contributed by atoms with van der Waals surface area (Å²) in [6.07, 6.45) is 1.02. The molecule has 0 atom stereocenters. The van der Waals surface area contributed by atoms with Gasteiger partial charge < -0.3 is 20.5 Å². The molecule has 1 aromatic carbocycles. The van der Waals surface area contributed by atoms with E-state index in [1.165, 1.54) is 5.56 Å². The third kappa shape index (κ3) is 2.60. The zero-order chi connectivity index (χ0) is 13.0. The molecule has 1 heterocycles. The highest BCUT2D eigenvalue weighted by Gasteiger charge is 2.37. The molecule has 1 aromatic rings. The van der Waals surface area contributed by atoms with Crippen molar-refractivity contribution in [3.05, 3.63) is 23.8 Å². The minimum Gasteiger partial charge on any atom is -0.495 e. The van der Waals surface area contributed by atoms with Crippen LogP contribution >= 0.6 is 0 Å². The predicted molar refractivity (Wildman–Crippen MR) is 73.2 cm³/mol. The molecule has 0 aliphatic carbocycles. The van der Waals surface area contributed by atoms with Crippen molar-refractivity contribution < 1.29 is 9.47 Å². The lowest BCUT2D eigenvalue weighted by molar-refractivity contribution is -0.0979. The lowest BCUT2D eigenvalue weighted by Gasteiger charge is -2.40. The minimum absolute atomic E-state index is 0.0905. The molecule has 1 aliphatic heterocycles. The highest BCUT2D eigenvalue weighted by Crippen LogP contribution is 2.30. The van der Waals surface area contributed by atoms with E-state index in [-0.39, 0.29) is 5.41 Å². The van der Waals surface area contributed by atoms with Crippen LogP contribution in [0.2, 0.25) is 0 Å². The van der Waals surface area contributed by atoms with Gasteiger partial charge in [0.15, 0.2) is 0 Å². The molecular weight excluding hydrogens is 228 g/mol. The molecule has 18 heavy (non-hydrogen) atoms. The summed E-state index contributed by atoms with van der Waals surface area (Å²) >= 11 is 0. The van der Waals surface area contributed by atoms with Crippen LogP contribution in [0.3, 0.4) is 0 Å². The fraction of sp³-hybridized carbons (Fsp3) is 0.571. The molecular formula is C14H22N2O2. The van der Waals surface area contributed by atoms with Gasteiger partial charge in [0.05, 0.1) is 26.0 Å². The van der Waals surface area contributed by atoms with Crippen LogP contribution in [0, 0.1) is 5.41 Å². The summed E-state index contributed by atoms with van der Waals surface area (Å²) in [5.74, 6) is 0.875. The number of benzene rings is 1. The van der Waals surface area contributed by atoms with Gasteiger partial charge in [0, 0.05) is 18.5 Å².